The van der Waals surface area contributed by atoms with Crippen molar-refractivity contribution < 1.29 is 9.53 Å². The Morgan fingerprint density at radius 2 is 2.36 bits per heavy atom. The Morgan fingerprint density at radius 1 is 1.57 bits per heavy atom. The Kier molecular flexibility index (Phi) is 4.73. The van der Waals surface area contributed by atoms with Crippen molar-refractivity contribution in [3.05, 3.63) is 0 Å². The summed E-state index contributed by atoms with van der Waals surface area (Å²) in [6.45, 7) is 6.97. The lowest BCUT2D eigenvalue weighted by Gasteiger charge is -2.32. The molecule has 1 amide bonds. The predicted molar refractivity (Wildman–Crippen MR) is 55.3 cm³/mol. The fourth-order valence-corrected chi connectivity index (χ4v) is 1.84. The van der Waals surface area contributed by atoms with Crippen LogP contribution in [0.5, 0.6) is 0 Å². The van der Waals surface area contributed by atoms with E-state index in [0.29, 0.717) is 12.6 Å². The molecule has 0 bridgehead atoms. The summed E-state index contributed by atoms with van der Waals surface area (Å²) in [5.74, 6) is 0. The Hall–Kier alpha value is -0.770. The molecule has 4 nitrogen and oxygen atoms in total. The van der Waals surface area contributed by atoms with Crippen LogP contribution in [0.4, 0.5) is 4.79 Å². The van der Waals surface area contributed by atoms with Crippen molar-refractivity contribution in [3.63, 3.8) is 0 Å². The van der Waals surface area contributed by atoms with Gasteiger partial charge >= 0.3 is 6.09 Å². The molecular weight excluding hydrogens is 180 g/mol. The van der Waals surface area contributed by atoms with E-state index in [1.165, 1.54) is 0 Å². The molecule has 1 unspecified atom stereocenters. The van der Waals surface area contributed by atoms with Gasteiger partial charge in [-0.1, -0.05) is 0 Å². The Morgan fingerprint density at radius 3 is 2.86 bits per heavy atom. The smallest absolute Gasteiger partial charge is 0.410 e. The van der Waals surface area contributed by atoms with Crippen molar-refractivity contribution in [1.29, 1.82) is 0 Å². The molecule has 82 valence electrons. The van der Waals surface area contributed by atoms with E-state index in [2.05, 4.69) is 5.32 Å². The van der Waals surface area contributed by atoms with E-state index in [-0.39, 0.29) is 6.09 Å². The summed E-state index contributed by atoms with van der Waals surface area (Å²) in [4.78, 5) is 13.4. The summed E-state index contributed by atoms with van der Waals surface area (Å²) in [5.41, 5.74) is 0. The van der Waals surface area contributed by atoms with E-state index in [1.54, 1.807) is 0 Å². The first kappa shape index (κ1) is 11.3. The van der Waals surface area contributed by atoms with Gasteiger partial charge in [0.05, 0.1) is 6.61 Å². The second kappa shape index (κ2) is 5.86. The third kappa shape index (κ3) is 2.87. The van der Waals surface area contributed by atoms with Gasteiger partial charge in [0.25, 0.3) is 0 Å². The molecule has 1 rings (SSSR count). The number of hydrogen-bond acceptors (Lipinski definition) is 3. The van der Waals surface area contributed by atoms with Gasteiger partial charge in [-0.25, -0.2) is 4.79 Å². The van der Waals surface area contributed by atoms with Gasteiger partial charge < -0.3 is 15.0 Å². The van der Waals surface area contributed by atoms with E-state index in [4.69, 9.17) is 4.74 Å². The number of carbonyl (C=O) groups excluding carboxylic acids is 1. The van der Waals surface area contributed by atoms with Crippen LogP contribution in [0.25, 0.3) is 0 Å². The summed E-state index contributed by atoms with van der Waals surface area (Å²) in [5, 5.41) is 3.30. The van der Waals surface area contributed by atoms with E-state index < -0.39 is 0 Å². The van der Waals surface area contributed by atoms with Gasteiger partial charge in [-0.3, -0.25) is 0 Å². The molecule has 1 fully saturated rings. The molecule has 4 heteroatoms. The predicted octanol–water partition coefficient (Wildman–Crippen LogP) is 1.22. The normalized spacial score (nSPS) is 21.7. The number of carbonyl (C=O) groups is 1. The number of likely N-dealkylation sites (N-methyl/N-ethyl adjacent to an activating group) is 1. The SMILES string of the molecule is CCOC(=O)N(CC)C1CCCNC1. The van der Waals surface area contributed by atoms with Crippen molar-refractivity contribution in [2.75, 3.05) is 26.2 Å². The number of nitrogens with one attached hydrogen (secondary N) is 1. The van der Waals surface area contributed by atoms with Crippen LogP contribution in [-0.2, 0) is 4.74 Å². The molecule has 0 spiro atoms. The third-order valence-corrected chi connectivity index (χ3v) is 2.55. The van der Waals surface area contributed by atoms with Crippen molar-refractivity contribution >= 4 is 6.09 Å². The number of hydrogen-bond donors (Lipinski definition) is 1. The van der Waals surface area contributed by atoms with Crippen LogP contribution in [0.3, 0.4) is 0 Å². The molecule has 0 aliphatic carbocycles. The van der Waals surface area contributed by atoms with Crippen molar-refractivity contribution in [3.8, 4) is 0 Å². The zero-order valence-electron chi connectivity index (χ0n) is 9.08. The molecule has 1 N–H and O–H groups in total. The van der Waals surface area contributed by atoms with Gasteiger partial charge in [0.1, 0.15) is 0 Å². The molecule has 1 aliphatic heterocycles. The number of amides is 1. The Bertz CT molecular complexity index is 179. The van der Waals surface area contributed by atoms with E-state index in [1.807, 2.05) is 18.7 Å². The maximum atomic E-state index is 11.5. The van der Waals surface area contributed by atoms with Crippen LogP contribution in [-0.4, -0.2) is 43.3 Å². The number of nitrogens with zero attached hydrogens (tertiary/aromatic N) is 1. The highest BCUT2D eigenvalue weighted by molar-refractivity contribution is 5.68. The van der Waals surface area contributed by atoms with Crippen LogP contribution in [0.2, 0.25) is 0 Å². The van der Waals surface area contributed by atoms with Gasteiger partial charge in [-0.15, -0.1) is 0 Å². The number of rotatable bonds is 3. The maximum absolute atomic E-state index is 11.5. The molecule has 0 saturated carbocycles. The van der Waals surface area contributed by atoms with E-state index >= 15 is 0 Å². The quantitative estimate of drug-likeness (QED) is 0.744. The van der Waals surface area contributed by atoms with Crippen molar-refractivity contribution in [1.82, 2.24) is 10.2 Å². The minimum atomic E-state index is -0.177. The number of piperidine rings is 1. The molecule has 14 heavy (non-hydrogen) atoms. The zero-order valence-corrected chi connectivity index (χ0v) is 9.08. The standard InChI is InChI=1S/C10H20N2O2/c1-3-12(10(13)14-4-2)9-6-5-7-11-8-9/h9,11H,3-8H2,1-2H3. The zero-order chi connectivity index (χ0) is 10.4. The second-order valence-corrected chi connectivity index (χ2v) is 3.49. The fraction of sp³-hybridized carbons (Fsp3) is 0.900. The molecule has 0 aromatic rings. The van der Waals surface area contributed by atoms with Gasteiger partial charge in [0.2, 0.25) is 0 Å². The monoisotopic (exact) mass is 200 g/mol. The lowest BCUT2D eigenvalue weighted by atomic mass is 10.1. The number of ether oxygens (including phenoxy) is 1. The summed E-state index contributed by atoms with van der Waals surface area (Å²) in [6.07, 6.45) is 2.05. The average molecular weight is 200 g/mol. The van der Waals surface area contributed by atoms with Gasteiger partial charge in [0, 0.05) is 19.1 Å². The molecule has 1 atom stereocenters. The Balaban J connectivity index is 2.46. The first-order chi connectivity index (χ1) is 6.79. The summed E-state index contributed by atoms with van der Waals surface area (Å²) in [7, 11) is 0. The topological polar surface area (TPSA) is 41.6 Å². The van der Waals surface area contributed by atoms with Crippen LogP contribution < -0.4 is 5.32 Å². The highest BCUT2D eigenvalue weighted by Gasteiger charge is 2.24. The largest absolute Gasteiger partial charge is 0.450 e. The van der Waals surface area contributed by atoms with Crippen LogP contribution >= 0.6 is 0 Å². The van der Waals surface area contributed by atoms with Crippen LogP contribution in [0.1, 0.15) is 26.7 Å². The minimum Gasteiger partial charge on any atom is -0.450 e. The first-order valence-electron chi connectivity index (χ1n) is 5.43. The Labute approximate surface area is 85.6 Å². The lowest BCUT2D eigenvalue weighted by molar-refractivity contribution is 0.0864. The summed E-state index contributed by atoms with van der Waals surface area (Å²) < 4.78 is 5.01. The molecule has 0 aromatic heterocycles. The second-order valence-electron chi connectivity index (χ2n) is 3.49. The average Bonchev–Trinajstić information content (AvgIpc) is 2.21. The van der Waals surface area contributed by atoms with E-state index in [9.17, 15) is 4.79 Å². The fourth-order valence-electron chi connectivity index (χ4n) is 1.84. The summed E-state index contributed by atoms with van der Waals surface area (Å²) >= 11 is 0. The molecule has 0 aromatic carbocycles. The highest BCUT2D eigenvalue weighted by atomic mass is 16.6. The van der Waals surface area contributed by atoms with Gasteiger partial charge in [0.15, 0.2) is 0 Å². The lowest BCUT2D eigenvalue weighted by Crippen LogP contribution is -2.48. The van der Waals surface area contributed by atoms with Crippen LogP contribution in [0.15, 0.2) is 0 Å². The highest BCUT2D eigenvalue weighted by Crippen LogP contribution is 2.11. The first-order valence-corrected chi connectivity index (χ1v) is 5.43. The molecule has 1 heterocycles. The molecular formula is C10H20N2O2. The van der Waals surface area contributed by atoms with Crippen LogP contribution in [0, 0.1) is 0 Å². The summed E-state index contributed by atoms with van der Waals surface area (Å²) in [6, 6.07) is 0.313. The third-order valence-electron chi connectivity index (χ3n) is 2.55. The molecule has 1 aliphatic rings. The van der Waals surface area contributed by atoms with Gasteiger partial charge in [-0.2, -0.15) is 0 Å². The maximum Gasteiger partial charge on any atom is 0.410 e. The molecule has 0 radical (unpaired) electrons. The van der Waals surface area contributed by atoms with Crippen molar-refractivity contribution in [2.24, 2.45) is 0 Å². The van der Waals surface area contributed by atoms with Gasteiger partial charge in [-0.05, 0) is 33.2 Å². The minimum absolute atomic E-state index is 0.177. The molecule has 1 saturated heterocycles. The van der Waals surface area contributed by atoms with Crippen molar-refractivity contribution in [2.45, 2.75) is 32.7 Å². The van der Waals surface area contributed by atoms with E-state index in [0.717, 1.165) is 32.5 Å².